The molecule has 122 valence electrons. The third-order valence-electron chi connectivity index (χ3n) is 2.48. The Hall–Kier alpha value is -1.14. The molecular weight excluding hydrogens is 364 g/mol. The molecule has 0 aliphatic rings. The van der Waals surface area contributed by atoms with E-state index in [4.69, 9.17) is 17.0 Å². The Kier molecular flexibility index (Phi) is 6.81. The fourth-order valence-electron chi connectivity index (χ4n) is 1.56. The molecule has 22 heavy (non-hydrogen) atoms. The number of hydrogen-bond acceptors (Lipinski definition) is 3. The molecular formula is C16H23BrN2O2S. The van der Waals surface area contributed by atoms with Crippen molar-refractivity contribution in [3.63, 3.8) is 0 Å². The highest BCUT2D eigenvalue weighted by Crippen LogP contribution is 2.26. The van der Waals surface area contributed by atoms with Crippen LogP contribution in [0.15, 0.2) is 22.7 Å². The maximum absolute atomic E-state index is 12.2. The lowest BCUT2D eigenvalue weighted by atomic mass is 10.1. The van der Waals surface area contributed by atoms with Gasteiger partial charge in [-0.25, -0.2) is 0 Å². The standard InChI is InChI=1S/C16H23BrN2O2S/c1-10(2)9-21-13-7-6-11(8-12(13)17)14(20)18-15(22)19-16(3,4)5/h6-8,10H,9H2,1-5H3,(H2,18,19,20,22). The highest BCUT2D eigenvalue weighted by atomic mass is 79.9. The number of carbonyl (C=O) groups excluding carboxylic acids is 1. The van der Waals surface area contributed by atoms with Crippen molar-refractivity contribution in [3.05, 3.63) is 28.2 Å². The zero-order valence-electron chi connectivity index (χ0n) is 13.6. The van der Waals surface area contributed by atoms with Gasteiger partial charge in [0.05, 0.1) is 11.1 Å². The van der Waals surface area contributed by atoms with Crippen molar-refractivity contribution in [1.82, 2.24) is 10.6 Å². The van der Waals surface area contributed by atoms with Crippen molar-refractivity contribution in [3.8, 4) is 5.75 Å². The number of carbonyl (C=O) groups is 1. The normalized spacial score (nSPS) is 11.2. The molecule has 0 radical (unpaired) electrons. The van der Waals surface area contributed by atoms with Crippen LogP contribution in [-0.4, -0.2) is 23.2 Å². The molecule has 1 amide bonds. The predicted molar refractivity (Wildman–Crippen MR) is 97.4 cm³/mol. The van der Waals surface area contributed by atoms with E-state index in [1.165, 1.54) is 0 Å². The van der Waals surface area contributed by atoms with E-state index in [0.717, 1.165) is 10.2 Å². The van der Waals surface area contributed by atoms with Gasteiger partial charge >= 0.3 is 0 Å². The SMILES string of the molecule is CC(C)COc1ccc(C(=O)NC(=S)NC(C)(C)C)cc1Br. The summed E-state index contributed by atoms with van der Waals surface area (Å²) in [5.74, 6) is 0.911. The molecule has 0 heterocycles. The van der Waals surface area contributed by atoms with Crippen LogP contribution in [-0.2, 0) is 0 Å². The minimum Gasteiger partial charge on any atom is -0.492 e. The summed E-state index contributed by atoms with van der Waals surface area (Å²) in [6, 6.07) is 5.22. The molecule has 6 heteroatoms. The van der Waals surface area contributed by atoms with E-state index in [1.807, 2.05) is 20.8 Å². The number of benzene rings is 1. The lowest BCUT2D eigenvalue weighted by Gasteiger charge is -2.22. The van der Waals surface area contributed by atoms with Crippen molar-refractivity contribution >= 4 is 39.2 Å². The average Bonchev–Trinajstić information content (AvgIpc) is 2.34. The molecule has 1 aromatic rings. The average molecular weight is 387 g/mol. The van der Waals surface area contributed by atoms with Gasteiger partial charge in [0.1, 0.15) is 5.75 Å². The summed E-state index contributed by atoms with van der Waals surface area (Å²) in [7, 11) is 0. The van der Waals surface area contributed by atoms with Crippen LogP contribution in [0.25, 0.3) is 0 Å². The van der Waals surface area contributed by atoms with Gasteiger partial charge in [-0.1, -0.05) is 13.8 Å². The Morgan fingerprint density at radius 3 is 2.50 bits per heavy atom. The monoisotopic (exact) mass is 386 g/mol. The molecule has 0 saturated carbocycles. The highest BCUT2D eigenvalue weighted by molar-refractivity contribution is 9.10. The van der Waals surface area contributed by atoms with Crippen LogP contribution < -0.4 is 15.4 Å². The number of rotatable bonds is 4. The summed E-state index contributed by atoms with van der Waals surface area (Å²) >= 11 is 8.55. The summed E-state index contributed by atoms with van der Waals surface area (Å²) in [6.07, 6.45) is 0. The number of halogens is 1. The van der Waals surface area contributed by atoms with E-state index < -0.39 is 0 Å². The molecule has 0 aliphatic carbocycles. The van der Waals surface area contributed by atoms with Crippen molar-refractivity contribution in [2.45, 2.75) is 40.2 Å². The van der Waals surface area contributed by atoms with Gasteiger partial charge in [-0.2, -0.15) is 0 Å². The smallest absolute Gasteiger partial charge is 0.257 e. The molecule has 0 fully saturated rings. The second kappa shape index (κ2) is 7.92. The van der Waals surface area contributed by atoms with Gasteiger partial charge in [0.15, 0.2) is 5.11 Å². The van der Waals surface area contributed by atoms with Crippen LogP contribution in [0.5, 0.6) is 5.75 Å². The first-order valence-corrected chi connectivity index (χ1v) is 8.34. The first-order chi connectivity index (χ1) is 10.1. The van der Waals surface area contributed by atoms with Crippen molar-refractivity contribution in [1.29, 1.82) is 0 Å². The first-order valence-electron chi connectivity index (χ1n) is 7.14. The van der Waals surface area contributed by atoms with E-state index in [0.29, 0.717) is 23.2 Å². The molecule has 0 spiro atoms. The summed E-state index contributed by atoms with van der Waals surface area (Å²) in [5, 5.41) is 6.02. The van der Waals surface area contributed by atoms with E-state index in [-0.39, 0.29) is 11.4 Å². The van der Waals surface area contributed by atoms with Crippen molar-refractivity contribution in [2.75, 3.05) is 6.61 Å². The summed E-state index contributed by atoms with van der Waals surface area (Å²) in [5.41, 5.74) is 0.321. The number of amides is 1. The largest absolute Gasteiger partial charge is 0.492 e. The Morgan fingerprint density at radius 2 is 2.00 bits per heavy atom. The second-order valence-electron chi connectivity index (χ2n) is 6.51. The fraction of sp³-hybridized carbons (Fsp3) is 0.500. The molecule has 1 aromatic carbocycles. The van der Waals surface area contributed by atoms with Gasteiger partial charge in [-0.15, -0.1) is 0 Å². The molecule has 1 rings (SSSR count). The maximum atomic E-state index is 12.2. The maximum Gasteiger partial charge on any atom is 0.257 e. The lowest BCUT2D eigenvalue weighted by molar-refractivity contribution is 0.0976. The van der Waals surface area contributed by atoms with Gasteiger partial charge in [0, 0.05) is 11.1 Å². The van der Waals surface area contributed by atoms with Crippen molar-refractivity contribution in [2.24, 2.45) is 5.92 Å². The molecule has 0 bridgehead atoms. The third-order valence-corrected chi connectivity index (χ3v) is 3.31. The molecule has 0 saturated heterocycles. The highest BCUT2D eigenvalue weighted by Gasteiger charge is 2.15. The van der Waals surface area contributed by atoms with Gasteiger partial charge in [-0.3, -0.25) is 10.1 Å². The van der Waals surface area contributed by atoms with E-state index in [2.05, 4.69) is 40.4 Å². The minimum absolute atomic E-state index is 0.195. The number of ether oxygens (including phenoxy) is 1. The summed E-state index contributed by atoms with van der Waals surface area (Å²) in [6.45, 7) is 10.7. The van der Waals surface area contributed by atoms with Gasteiger partial charge < -0.3 is 10.1 Å². The van der Waals surface area contributed by atoms with Gasteiger partial charge in [0.25, 0.3) is 5.91 Å². The Balaban J connectivity index is 2.71. The van der Waals surface area contributed by atoms with Crippen LogP contribution in [0.1, 0.15) is 45.0 Å². The Labute approximate surface area is 146 Å². The Bertz CT molecular complexity index is 554. The summed E-state index contributed by atoms with van der Waals surface area (Å²) in [4.78, 5) is 12.2. The Morgan fingerprint density at radius 1 is 1.36 bits per heavy atom. The van der Waals surface area contributed by atoms with Crippen molar-refractivity contribution < 1.29 is 9.53 Å². The van der Waals surface area contributed by atoms with Crippen LogP contribution in [0, 0.1) is 5.92 Å². The predicted octanol–water partition coefficient (Wildman–Crippen LogP) is 3.89. The number of nitrogens with one attached hydrogen (secondary N) is 2. The van der Waals surface area contributed by atoms with E-state index >= 15 is 0 Å². The minimum atomic E-state index is -0.252. The number of hydrogen-bond donors (Lipinski definition) is 2. The van der Waals surface area contributed by atoms with E-state index in [1.54, 1.807) is 18.2 Å². The first kappa shape index (κ1) is 18.9. The zero-order valence-corrected chi connectivity index (χ0v) is 16.0. The molecule has 0 atom stereocenters. The van der Waals surface area contributed by atoms with Crippen LogP contribution >= 0.6 is 28.1 Å². The van der Waals surface area contributed by atoms with Gasteiger partial charge in [0.2, 0.25) is 0 Å². The molecule has 4 nitrogen and oxygen atoms in total. The topological polar surface area (TPSA) is 50.4 Å². The van der Waals surface area contributed by atoms with Crippen LogP contribution in [0.4, 0.5) is 0 Å². The second-order valence-corrected chi connectivity index (χ2v) is 7.77. The van der Waals surface area contributed by atoms with E-state index in [9.17, 15) is 4.79 Å². The molecule has 2 N–H and O–H groups in total. The van der Waals surface area contributed by atoms with Crippen LogP contribution in [0.2, 0.25) is 0 Å². The molecule has 0 aromatic heterocycles. The fourth-order valence-corrected chi connectivity index (χ4v) is 2.45. The molecule has 0 unspecified atom stereocenters. The zero-order chi connectivity index (χ0) is 16.9. The quantitative estimate of drug-likeness (QED) is 0.770. The molecule has 0 aliphatic heterocycles. The van der Waals surface area contributed by atoms with Crippen LogP contribution in [0.3, 0.4) is 0 Å². The summed E-state index contributed by atoms with van der Waals surface area (Å²) < 4.78 is 6.41. The third kappa shape index (κ3) is 6.75. The number of thiocarbonyl (C=S) groups is 1. The lowest BCUT2D eigenvalue weighted by Crippen LogP contribution is -2.48. The van der Waals surface area contributed by atoms with Gasteiger partial charge in [-0.05, 0) is 73.0 Å².